The molecule has 0 aromatic carbocycles. The third-order valence-electron chi connectivity index (χ3n) is 4.13. The molecule has 4 heteroatoms. The van der Waals surface area contributed by atoms with Gasteiger partial charge in [-0.05, 0) is 34.6 Å². The van der Waals surface area contributed by atoms with E-state index in [1.54, 1.807) is 6.92 Å². The van der Waals surface area contributed by atoms with Crippen LogP contribution >= 0.6 is 0 Å². The first-order valence-electron chi connectivity index (χ1n) is 5.94. The van der Waals surface area contributed by atoms with E-state index < -0.39 is 0 Å². The quantitative estimate of drug-likeness (QED) is 0.694. The van der Waals surface area contributed by atoms with Gasteiger partial charge in [0, 0.05) is 11.7 Å². The number of hydrogen-bond donors (Lipinski definition) is 0. The number of carbonyl (C=O) groups excluding carboxylic acids is 1. The van der Waals surface area contributed by atoms with Gasteiger partial charge in [-0.15, -0.1) is 0 Å². The van der Waals surface area contributed by atoms with E-state index in [1.165, 1.54) is 0 Å². The SMILES string of the molecule is CC(=O)[C@@H](C)[C@H](C)B1OC(C)(C)C(C)(C)O1. The van der Waals surface area contributed by atoms with Crippen molar-refractivity contribution in [1.82, 2.24) is 0 Å². The lowest BCUT2D eigenvalue weighted by Crippen LogP contribution is -2.41. The molecule has 0 unspecified atom stereocenters. The van der Waals surface area contributed by atoms with E-state index in [9.17, 15) is 4.79 Å². The fourth-order valence-electron chi connectivity index (χ4n) is 1.71. The molecule has 0 radical (unpaired) electrons. The summed E-state index contributed by atoms with van der Waals surface area (Å²) in [4.78, 5) is 11.4. The zero-order chi connectivity index (χ0) is 12.7. The summed E-state index contributed by atoms with van der Waals surface area (Å²) in [6, 6.07) is 0. The molecule has 0 aliphatic carbocycles. The molecule has 0 aromatic heterocycles. The first kappa shape index (κ1) is 13.7. The molecule has 1 rings (SSSR count). The van der Waals surface area contributed by atoms with Gasteiger partial charge in [-0.1, -0.05) is 13.8 Å². The average Bonchev–Trinajstić information content (AvgIpc) is 2.33. The lowest BCUT2D eigenvalue weighted by Gasteiger charge is -2.32. The molecule has 1 aliphatic heterocycles. The highest BCUT2D eigenvalue weighted by Crippen LogP contribution is 2.41. The summed E-state index contributed by atoms with van der Waals surface area (Å²) in [6.45, 7) is 13.7. The molecule has 16 heavy (non-hydrogen) atoms. The highest BCUT2D eigenvalue weighted by molar-refractivity contribution is 6.47. The number of Topliss-reactive ketones (excluding diaryl/α,β-unsaturated/α-hetero) is 1. The Labute approximate surface area is 99.0 Å². The van der Waals surface area contributed by atoms with Crippen molar-refractivity contribution < 1.29 is 14.1 Å². The summed E-state index contributed by atoms with van der Waals surface area (Å²) in [5.41, 5.74) is -0.634. The van der Waals surface area contributed by atoms with Crippen LogP contribution in [-0.4, -0.2) is 24.1 Å². The summed E-state index contributed by atoms with van der Waals surface area (Å²) in [7, 11) is -0.288. The Hall–Kier alpha value is -0.345. The maximum atomic E-state index is 11.4. The summed E-state index contributed by atoms with van der Waals surface area (Å²) < 4.78 is 11.8. The minimum absolute atomic E-state index is 0.0327. The van der Waals surface area contributed by atoms with Gasteiger partial charge in [-0.2, -0.15) is 0 Å². The number of rotatable bonds is 3. The monoisotopic (exact) mass is 226 g/mol. The third kappa shape index (κ3) is 2.33. The molecule has 2 atom stereocenters. The molecule has 0 saturated carbocycles. The van der Waals surface area contributed by atoms with Crippen LogP contribution < -0.4 is 0 Å². The van der Waals surface area contributed by atoms with Gasteiger partial charge >= 0.3 is 7.12 Å². The van der Waals surface area contributed by atoms with Crippen molar-refractivity contribution in [3.63, 3.8) is 0 Å². The van der Waals surface area contributed by atoms with E-state index in [-0.39, 0.29) is 35.8 Å². The first-order chi connectivity index (χ1) is 7.08. The maximum Gasteiger partial charge on any atom is 0.461 e. The molecular weight excluding hydrogens is 203 g/mol. The predicted octanol–water partition coefficient (Wildman–Crippen LogP) is 2.69. The smallest absolute Gasteiger partial charge is 0.403 e. The molecule has 1 heterocycles. The lowest BCUT2D eigenvalue weighted by atomic mass is 9.65. The second-order valence-electron chi connectivity index (χ2n) is 5.88. The van der Waals surface area contributed by atoms with E-state index in [4.69, 9.17) is 9.31 Å². The minimum atomic E-state index is -0.317. The van der Waals surface area contributed by atoms with Gasteiger partial charge in [0.05, 0.1) is 11.2 Å². The van der Waals surface area contributed by atoms with Gasteiger partial charge < -0.3 is 9.31 Å². The van der Waals surface area contributed by atoms with Crippen molar-refractivity contribution in [2.75, 3.05) is 0 Å². The normalized spacial score (nSPS) is 26.6. The Bertz CT molecular complexity index is 270. The Morgan fingerprint density at radius 1 is 1.06 bits per heavy atom. The van der Waals surface area contributed by atoms with E-state index in [0.717, 1.165) is 0 Å². The predicted molar refractivity (Wildman–Crippen MR) is 65.4 cm³/mol. The fraction of sp³-hybridized carbons (Fsp3) is 0.917. The summed E-state index contributed by atoms with van der Waals surface area (Å²) in [5, 5.41) is 0. The molecule has 0 amide bonds. The highest BCUT2D eigenvalue weighted by atomic mass is 16.7. The molecule has 1 aliphatic rings. The van der Waals surface area contributed by atoms with Crippen LogP contribution in [0.1, 0.15) is 48.5 Å². The van der Waals surface area contributed by atoms with Crippen molar-refractivity contribution in [2.45, 2.75) is 65.5 Å². The van der Waals surface area contributed by atoms with Crippen LogP contribution in [0.2, 0.25) is 5.82 Å². The minimum Gasteiger partial charge on any atom is -0.403 e. The van der Waals surface area contributed by atoms with Crippen LogP contribution in [0.5, 0.6) is 0 Å². The molecule has 0 aromatic rings. The van der Waals surface area contributed by atoms with Crippen LogP contribution in [0.25, 0.3) is 0 Å². The van der Waals surface area contributed by atoms with Crippen molar-refractivity contribution in [2.24, 2.45) is 5.92 Å². The Balaban J connectivity index is 2.76. The van der Waals surface area contributed by atoms with Crippen LogP contribution in [0.15, 0.2) is 0 Å². The molecule has 0 bridgehead atoms. The standard InChI is InChI=1S/C12H23BO3/c1-8(10(3)14)9(2)13-15-11(4,5)12(6,7)16-13/h8-9H,1-7H3/t8-,9-/m0/s1. The molecule has 0 spiro atoms. The zero-order valence-electron chi connectivity index (χ0n) is 11.5. The van der Waals surface area contributed by atoms with Crippen molar-refractivity contribution >= 4 is 12.9 Å². The number of carbonyl (C=O) groups is 1. The molecule has 0 N–H and O–H groups in total. The largest absolute Gasteiger partial charge is 0.461 e. The summed E-state index contributed by atoms with van der Waals surface area (Å²) in [6.07, 6.45) is 0. The van der Waals surface area contributed by atoms with E-state index >= 15 is 0 Å². The highest BCUT2D eigenvalue weighted by Gasteiger charge is 2.53. The van der Waals surface area contributed by atoms with Gasteiger partial charge in [0.25, 0.3) is 0 Å². The molecule has 1 fully saturated rings. The third-order valence-corrected chi connectivity index (χ3v) is 4.13. The van der Waals surface area contributed by atoms with Crippen molar-refractivity contribution in [3.05, 3.63) is 0 Å². The second-order valence-corrected chi connectivity index (χ2v) is 5.88. The Kier molecular flexibility index (Phi) is 3.56. The average molecular weight is 226 g/mol. The second kappa shape index (κ2) is 4.15. The van der Waals surface area contributed by atoms with Crippen LogP contribution in [0.4, 0.5) is 0 Å². The fourth-order valence-corrected chi connectivity index (χ4v) is 1.71. The van der Waals surface area contributed by atoms with Crippen LogP contribution in [0, 0.1) is 5.92 Å². The summed E-state index contributed by atoms with van der Waals surface area (Å²) in [5.74, 6) is 0.232. The van der Waals surface area contributed by atoms with E-state index in [2.05, 4.69) is 0 Å². The van der Waals surface area contributed by atoms with Crippen LogP contribution in [-0.2, 0) is 14.1 Å². The molecular formula is C12H23BO3. The lowest BCUT2D eigenvalue weighted by molar-refractivity contribution is -0.120. The molecule has 1 saturated heterocycles. The topological polar surface area (TPSA) is 35.5 Å². The van der Waals surface area contributed by atoms with Crippen molar-refractivity contribution in [3.8, 4) is 0 Å². The maximum absolute atomic E-state index is 11.4. The van der Waals surface area contributed by atoms with E-state index in [0.29, 0.717) is 0 Å². The van der Waals surface area contributed by atoms with E-state index in [1.807, 2.05) is 41.5 Å². The Morgan fingerprint density at radius 2 is 1.44 bits per heavy atom. The van der Waals surface area contributed by atoms with Gasteiger partial charge in [-0.3, -0.25) is 4.79 Å². The number of hydrogen-bond acceptors (Lipinski definition) is 3. The van der Waals surface area contributed by atoms with Gasteiger partial charge in [-0.25, -0.2) is 0 Å². The van der Waals surface area contributed by atoms with Gasteiger partial charge in [0.2, 0.25) is 0 Å². The van der Waals surface area contributed by atoms with Gasteiger partial charge in [0.1, 0.15) is 5.78 Å². The van der Waals surface area contributed by atoms with Crippen molar-refractivity contribution in [1.29, 1.82) is 0 Å². The molecule has 92 valence electrons. The number of ketones is 1. The van der Waals surface area contributed by atoms with Crippen LogP contribution in [0.3, 0.4) is 0 Å². The Morgan fingerprint density at radius 3 is 1.75 bits per heavy atom. The summed E-state index contributed by atoms with van der Waals surface area (Å²) >= 11 is 0. The molecule has 3 nitrogen and oxygen atoms in total. The van der Waals surface area contributed by atoms with Gasteiger partial charge in [0.15, 0.2) is 0 Å². The first-order valence-corrected chi connectivity index (χ1v) is 5.94. The zero-order valence-corrected chi connectivity index (χ0v) is 11.5.